The third kappa shape index (κ3) is 5.47. The van der Waals surface area contributed by atoms with Gasteiger partial charge in [-0.2, -0.15) is 0 Å². The van der Waals surface area contributed by atoms with Crippen LogP contribution >= 0.6 is 12.4 Å². The molecule has 1 aromatic carbocycles. The molecule has 1 fully saturated rings. The van der Waals surface area contributed by atoms with Gasteiger partial charge in [0, 0.05) is 26.0 Å². The fourth-order valence-electron chi connectivity index (χ4n) is 2.70. The van der Waals surface area contributed by atoms with Crippen LogP contribution in [-0.4, -0.2) is 59.1 Å². The van der Waals surface area contributed by atoms with Crippen LogP contribution < -0.4 is 20.1 Å². The van der Waals surface area contributed by atoms with Crippen LogP contribution in [0.1, 0.15) is 12.8 Å². The summed E-state index contributed by atoms with van der Waals surface area (Å²) in [4.78, 5) is 12.7. The molecular formula is C17H27ClN2O5. The van der Waals surface area contributed by atoms with E-state index in [1.807, 2.05) is 0 Å². The summed E-state index contributed by atoms with van der Waals surface area (Å²) in [6, 6.07) is 5.29. The normalized spacial score (nSPS) is 15.8. The van der Waals surface area contributed by atoms with Crippen LogP contribution in [0.5, 0.6) is 11.5 Å². The Morgan fingerprint density at radius 2 is 1.88 bits per heavy atom. The average Bonchev–Trinajstić information content (AvgIpc) is 2.62. The molecule has 1 aliphatic rings. The molecule has 1 aliphatic heterocycles. The summed E-state index contributed by atoms with van der Waals surface area (Å²) >= 11 is 0. The number of ether oxygens (including phenoxy) is 4. The first kappa shape index (κ1) is 21.5. The average molecular weight is 375 g/mol. The predicted molar refractivity (Wildman–Crippen MR) is 98.1 cm³/mol. The lowest BCUT2D eigenvalue weighted by atomic mass is 9.91. The second-order valence-electron chi connectivity index (χ2n) is 5.61. The van der Waals surface area contributed by atoms with Crippen molar-refractivity contribution in [2.24, 2.45) is 0 Å². The van der Waals surface area contributed by atoms with Gasteiger partial charge >= 0.3 is 0 Å². The molecule has 0 bridgehead atoms. The van der Waals surface area contributed by atoms with Gasteiger partial charge in [-0.3, -0.25) is 4.79 Å². The zero-order chi connectivity index (χ0) is 17.4. The zero-order valence-corrected chi connectivity index (χ0v) is 15.7. The van der Waals surface area contributed by atoms with E-state index in [0.717, 1.165) is 13.1 Å². The molecule has 0 aliphatic carbocycles. The smallest absolute Gasteiger partial charge is 0.256 e. The van der Waals surface area contributed by atoms with Gasteiger partial charge in [-0.15, -0.1) is 12.4 Å². The van der Waals surface area contributed by atoms with Gasteiger partial charge in [0.05, 0.1) is 13.7 Å². The van der Waals surface area contributed by atoms with E-state index in [1.165, 1.54) is 0 Å². The topological polar surface area (TPSA) is 78.1 Å². The number of methoxy groups -OCH3 is 3. The van der Waals surface area contributed by atoms with Crippen molar-refractivity contribution in [2.45, 2.75) is 18.4 Å². The van der Waals surface area contributed by atoms with E-state index in [2.05, 4.69) is 10.6 Å². The molecule has 142 valence electrons. The number of anilines is 1. The Morgan fingerprint density at radius 1 is 1.16 bits per heavy atom. The number of halogens is 1. The van der Waals surface area contributed by atoms with Gasteiger partial charge in [-0.25, -0.2) is 0 Å². The first-order chi connectivity index (χ1) is 11.6. The number of carbonyl (C=O) groups excluding carboxylic acids is 1. The van der Waals surface area contributed by atoms with E-state index < -0.39 is 5.60 Å². The highest BCUT2D eigenvalue weighted by atomic mass is 35.5. The van der Waals surface area contributed by atoms with E-state index in [0.29, 0.717) is 43.2 Å². The third-order valence-electron chi connectivity index (χ3n) is 4.18. The number of hydrogen-bond donors (Lipinski definition) is 2. The molecule has 7 nitrogen and oxygen atoms in total. The Balaban J connectivity index is 0.00000312. The monoisotopic (exact) mass is 374 g/mol. The number of carbonyl (C=O) groups is 1. The number of nitrogens with one attached hydrogen (secondary N) is 2. The minimum absolute atomic E-state index is 0. The minimum atomic E-state index is -0.789. The highest BCUT2D eigenvalue weighted by molar-refractivity contribution is 5.97. The molecule has 1 amide bonds. The zero-order valence-electron chi connectivity index (χ0n) is 14.9. The largest absolute Gasteiger partial charge is 0.493 e. The first-order valence-corrected chi connectivity index (χ1v) is 8.02. The second-order valence-corrected chi connectivity index (χ2v) is 5.61. The molecule has 0 saturated carbocycles. The Kier molecular flexibility index (Phi) is 8.99. The molecule has 2 N–H and O–H groups in total. The quantitative estimate of drug-likeness (QED) is 0.676. The number of benzene rings is 1. The van der Waals surface area contributed by atoms with Crippen LogP contribution in [0, 0.1) is 0 Å². The molecule has 0 spiro atoms. The van der Waals surface area contributed by atoms with E-state index in [9.17, 15) is 4.79 Å². The van der Waals surface area contributed by atoms with Gasteiger partial charge in [-0.1, -0.05) is 0 Å². The van der Waals surface area contributed by atoms with Crippen LogP contribution in [0.4, 0.5) is 5.69 Å². The maximum atomic E-state index is 12.7. The van der Waals surface area contributed by atoms with Crippen molar-refractivity contribution in [3.05, 3.63) is 18.2 Å². The fourth-order valence-corrected chi connectivity index (χ4v) is 2.70. The predicted octanol–water partition coefficient (Wildman–Crippen LogP) is 1.85. The summed E-state index contributed by atoms with van der Waals surface area (Å²) in [7, 11) is 4.77. The van der Waals surface area contributed by atoms with Gasteiger partial charge in [0.15, 0.2) is 11.5 Å². The lowest BCUT2D eigenvalue weighted by Crippen LogP contribution is -2.51. The van der Waals surface area contributed by atoms with Crippen molar-refractivity contribution in [3.63, 3.8) is 0 Å². The van der Waals surface area contributed by atoms with Gasteiger partial charge in [0.1, 0.15) is 12.2 Å². The van der Waals surface area contributed by atoms with Crippen molar-refractivity contribution in [1.29, 1.82) is 0 Å². The maximum absolute atomic E-state index is 12.7. The van der Waals surface area contributed by atoms with Gasteiger partial charge < -0.3 is 29.6 Å². The Hall–Kier alpha value is -1.54. The van der Waals surface area contributed by atoms with Gasteiger partial charge in [0.2, 0.25) is 0 Å². The molecule has 1 heterocycles. The lowest BCUT2D eigenvalue weighted by molar-refractivity contribution is -0.140. The van der Waals surface area contributed by atoms with Crippen molar-refractivity contribution in [2.75, 3.05) is 52.9 Å². The van der Waals surface area contributed by atoms with Crippen molar-refractivity contribution in [3.8, 4) is 11.5 Å². The van der Waals surface area contributed by atoms with Crippen molar-refractivity contribution < 1.29 is 23.7 Å². The number of hydrogen-bond acceptors (Lipinski definition) is 6. The molecule has 2 rings (SSSR count). The van der Waals surface area contributed by atoms with Crippen LogP contribution in [0.2, 0.25) is 0 Å². The molecule has 8 heteroatoms. The van der Waals surface area contributed by atoms with Gasteiger partial charge in [-0.05, 0) is 38.1 Å². The number of amides is 1. The fraction of sp³-hybridized carbons (Fsp3) is 0.588. The molecular weight excluding hydrogens is 348 g/mol. The molecule has 0 aromatic heterocycles. The van der Waals surface area contributed by atoms with Crippen LogP contribution in [0.3, 0.4) is 0 Å². The van der Waals surface area contributed by atoms with Crippen molar-refractivity contribution in [1.82, 2.24) is 5.32 Å². The standard InChI is InChI=1S/C17H26N2O5.ClH/c1-21-10-11-24-15-12-13(4-5-14(15)22-2)19-16(20)17(23-3)6-8-18-9-7-17;/h4-5,12,18H,6-11H2,1-3H3,(H,19,20);1H. The molecule has 25 heavy (non-hydrogen) atoms. The van der Waals surface area contributed by atoms with Crippen molar-refractivity contribution >= 4 is 24.0 Å². The lowest BCUT2D eigenvalue weighted by Gasteiger charge is -2.34. The maximum Gasteiger partial charge on any atom is 0.256 e. The van der Waals surface area contributed by atoms with Crippen LogP contribution in [0.25, 0.3) is 0 Å². The highest BCUT2D eigenvalue weighted by Crippen LogP contribution is 2.31. The van der Waals surface area contributed by atoms with Gasteiger partial charge in [0.25, 0.3) is 5.91 Å². The Bertz CT molecular complexity index is 550. The van der Waals surface area contributed by atoms with E-state index >= 15 is 0 Å². The number of piperidine rings is 1. The third-order valence-corrected chi connectivity index (χ3v) is 4.18. The molecule has 0 unspecified atom stereocenters. The minimum Gasteiger partial charge on any atom is -0.493 e. The Morgan fingerprint density at radius 3 is 2.48 bits per heavy atom. The molecule has 0 atom stereocenters. The molecule has 1 saturated heterocycles. The summed E-state index contributed by atoms with van der Waals surface area (Å²) in [5, 5.41) is 6.16. The summed E-state index contributed by atoms with van der Waals surface area (Å²) in [6.45, 7) is 2.39. The summed E-state index contributed by atoms with van der Waals surface area (Å²) in [5.41, 5.74) is -0.148. The Labute approximate surface area is 154 Å². The number of rotatable bonds is 8. The summed E-state index contributed by atoms with van der Waals surface area (Å²) in [6.07, 6.45) is 1.28. The van der Waals surface area contributed by atoms with E-state index in [4.69, 9.17) is 18.9 Å². The molecule has 0 radical (unpaired) electrons. The van der Waals surface area contributed by atoms with Crippen LogP contribution in [-0.2, 0) is 14.3 Å². The first-order valence-electron chi connectivity index (χ1n) is 8.02. The molecule has 1 aromatic rings. The van der Waals surface area contributed by atoms with Crippen LogP contribution in [0.15, 0.2) is 18.2 Å². The van der Waals surface area contributed by atoms with E-state index in [1.54, 1.807) is 39.5 Å². The second kappa shape index (κ2) is 10.5. The summed E-state index contributed by atoms with van der Waals surface area (Å²) < 4.78 is 21.5. The van der Waals surface area contributed by atoms with E-state index in [-0.39, 0.29) is 18.3 Å². The highest BCUT2D eigenvalue weighted by Gasteiger charge is 2.39. The SMILES string of the molecule is COCCOc1cc(NC(=O)C2(OC)CCNCC2)ccc1OC.Cl. The summed E-state index contributed by atoms with van der Waals surface area (Å²) in [5.74, 6) is 1.02.